The van der Waals surface area contributed by atoms with Crippen molar-refractivity contribution in [2.75, 3.05) is 13.1 Å². The van der Waals surface area contributed by atoms with Crippen LogP contribution in [0.5, 0.6) is 0 Å². The van der Waals surface area contributed by atoms with Crippen molar-refractivity contribution in [1.82, 2.24) is 10.2 Å². The zero-order valence-corrected chi connectivity index (χ0v) is 27.8. The Labute approximate surface area is 278 Å². The third-order valence-corrected chi connectivity index (χ3v) is 10.1. The molecule has 0 radical (unpaired) electrons. The van der Waals surface area contributed by atoms with Gasteiger partial charge in [0.25, 0.3) is 0 Å². The topological polar surface area (TPSA) is 108 Å². The number of ether oxygens (including phenoxy) is 2. The van der Waals surface area contributed by atoms with E-state index in [9.17, 15) is 14.7 Å². The van der Waals surface area contributed by atoms with Crippen molar-refractivity contribution in [3.63, 3.8) is 0 Å². The molecule has 2 heterocycles. The van der Waals surface area contributed by atoms with Crippen LogP contribution in [0.3, 0.4) is 0 Å². The Morgan fingerprint density at radius 3 is 2.38 bits per heavy atom. The first-order valence-electron chi connectivity index (χ1n) is 16.9. The highest BCUT2D eigenvalue weighted by molar-refractivity contribution is 5.80. The number of carbonyl (C=O) groups is 2. The van der Waals surface area contributed by atoms with Crippen molar-refractivity contribution >= 4 is 11.9 Å². The molecule has 2 aliphatic heterocycles. The number of carbonyl (C=O) groups excluding carboxylic acids is 1. The second-order valence-corrected chi connectivity index (χ2v) is 15.0. The van der Waals surface area contributed by atoms with Gasteiger partial charge < -0.3 is 25.0 Å². The minimum Gasteiger partial charge on any atom is -0.481 e. The highest BCUT2D eigenvalue weighted by Crippen LogP contribution is 2.53. The molecule has 2 unspecified atom stereocenters. The Kier molecular flexibility index (Phi) is 9.85. The minimum absolute atomic E-state index is 0.000877. The minimum atomic E-state index is -0.984. The number of hydrogen-bond donors (Lipinski definition) is 3. The number of likely N-dealkylation sites (tertiary alicyclic amines) is 1. The van der Waals surface area contributed by atoms with Crippen molar-refractivity contribution in [3.05, 3.63) is 95.1 Å². The normalized spacial score (nSPS) is 27.0. The molecule has 250 valence electrons. The fourth-order valence-corrected chi connectivity index (χ4v) is 8.32. The number of hydrogen-bond acceptors (Lipinski definition) is 6. The molecule has 1 amide bonds. The smallest absolute Gasteiger partial charge is 0.303 e. The molecular formula is C39H48N2O6. The van der Waals surface area contributed by atoms with Crippen molar-refractivity contribution in [3.8, 4) is 11.1 Å². The summed E-state index contributed by atoms with van der Waals surface area (Å²) in [6.07, 6.45) is 3.58. The van der Waals surface area contributed by atoms with Gasteiger partial charge in [-0.2, -0.15) is 0 Å². The molecule has 3 aromatic carbocycles. The van der Waals surface area contributed by atoms with E-state index < -0.39 is 12.3 Å². The van der Waals surface area contributed by atoms with Crippen molar-refractivity contribution in [2.45, 2.75) is 97.0 Å². The number of nitrogens with one attached hydrogen (secondary N) is 1. The van der Waals surface area contributed by atoms with Crippen LogP contribution < -0.4 is 5.32 Å². The summed E-state index contributed by atoms with van der Waals surface area (Å²) in [5.41, 5.74) is 6.57. The SMILES string of the molecule is CC1(C)CC2CC(C)(CN2C[C@@H]2C[C@H](c3ccc(CO)cc3)O[C@H](c3cccc(-c4cccc(CNC(=O)CCC(=O)O)c4)c3)O2)C1. The number of aliphatic hydroxyl groups excluding tert-OH is 1. The van der Waals surface area contributed by atoms with Crippen LogP contribution in [0.4, 0.5) is 0 Å². The number of aliphatic hydroxyl groups is 1. The van der Waals surface area contributed by atoms with Crippen molar-refractivity contribution in [1.29, 1.82) is 0 Å². The van der Waals surface area contributed by atoms with Crippen LogP contribution in [0.2, 0.25) is 0 Å². The molecule has 6 rings (SSSR count). The van der Waals surface area contributed by atoms with Crippen molar-refractivity contribution < 1.29 is 29.3 Å². The first kappa shape index (κ1) is 33.3. The predicted octanol–water partition coefficient (Wildman–Crippen LogP) is 6.77. The molecule has 3 fully saturated rings. The number of fused-ring (bicyclic) bond motifs is 2. The van der Waals surface area contributed by atoms with E-state index in [1.54, 1.807) is 0 Å². The second kappa shape index (κ2) is 13.9. The Bertz CT molecular complexity index is 1570. The van der Waals surface area contributed by atoms with Crippen LogP contribution in [0, 0.1) is 10.8 Å². The molecule has 8 heteroatoms. The fourth-order valence-electron chi connectivity index (χ4n) is 8.32. The fraction of sp³-hybridized carbons (Fsp3) is 0.487. The van der Waals surface area contributed by atoms with E-state index in [1.807, 2.05) is 42.5 Å². The summed E-state index contributed by atoms with van der Waals surface area (Å²) in [5, 5.41) is 21.3. The standard InChI is InChI=1S/C39H48N2O6/c1-38(2)19-32-20-39(3,24-38)25-41(32)22-33-18-34(28-12-10-26(23-42)11-13-28)47-37(46-33)31-9-5-8-30(17-31)29-7-4-6-27(16-29)21-40-35(43)14-15-36(44)45/h4-13,16-17,32-34,37,42H,14-15,18-25H2,1-3H3,(H,40,43)(H,44,45)/t32?,33-,34+,37+,39?/m0/s1. The van der Waals surface area contributed by atoms with Gasteiger partial charge in [-0.1, -0.05) is 81.4 Å². The lowest BCUT2D eigenvalue weighted by atomic mass is 9.65. The molecule has 2 bridgehead atoms. The van der Waals surface area contributed by atoms with Gasteiger partial charge in [-0.05, 0) is 70.0 Å². The van der Waals surface area contributed by atoms with E-state index in [0.29, 0.717) is 23.4 Å². The first-order valence-corrected chi connectivity index (χ1v) is 16.9. The van der Waals surface area contributed by atoms with Gasteiger partial charge in [-0.15, -0.1) is 0 Å². The average Bonchev–Trinajstić information content (AvgIpc) is 3.29. The van der Waals surface area contributed by atoms with E-state index in [0.717, 1.165) is 52.9 Å². The molecule has 1 saturated carbocycles. The van der Waals surface area contributed by atoms with Crippen LogP contribution in [0.1, 0.15) is 93.9 Å². The molecule has 1 aliphatic carbocycles. The number of aliphatic carboxylic acids is 1. The molecule has 47 heavy (non-hydrogen) atoms. The Hall–Kier alpha value is -3.56. The maximum Gasteiger partial charge on any atom is 0.303 e. The summed E-state index contributed by atoms with van der Waals surface area (Å²) >= 11 is 0. The van der Waals surface area contributed by atoms with Gasteiger partial charge in [0.1, 0.15) is 0 Å². The summed E-state index contributed by atoms with van der Waals surface area (Å²) in [6, 6.07) is 24.9. The monoisotopic (exact) mass is 640 g/mol. The molecule has 5 atom stereocenters. The van der Waals surface area contributed by atoms with Crippen molar-refractivity contribution in [2.24, 2.45) is 10.8 Å². The van der Waals surface area contributed by atoms with Gasteiger partial charge in [0.2, 0.25) is 5.91 Å². The summed E-state index contributed by atoms with van der Waals surface area (Å²) in [7, 11) is 0. The van der Waals surface area contributed by atoms with Crippen LogP contribution in [-0.2, 0) is 32.2 Å². The van der Waals surface area contributed by atoms with E-state index in [1.165, 1.54) is 19.3 Å². The second-order valence-electron chi connectivity index (χ2n) is 15.0. The number of amides is 1. The van der Waals surface area contributed by atoms with Crippen LogP contribution >= 0.6 is 0 Å². The zero-order valence-electron chi connectivity index (χ0n) is 27.8. The van der Waals surface area contributed by atoms with Gasteiger partial charge in [0, 0.05) is 44.1 Å². The van der Waals surface area contributed by atoms with Crippen LogP contribution in [0.25, 0.3) is 11.1 Å². The lowest BCUT2D eigenvalue weighted by Crippen LogP contribution is -2.42. The van der Waals surface area contributed by atoms with Gasteiger partial charge in [-0.3, -0.25) is 14.5 Å². The molecule has 0 spiro atoms. The third-order valence-electron chi connectivity index (χ3n) is 10.1. The number of rotatable bonds is 11. The first-order chi connectivity index (χ1) is 22.5. The van der Waals surface area contributed by atoms with Crippen LogP contribution in [-0.4, -0.2) is 52.2 Å². The van der Waals surface area contributed by atoms with Gasteiger partial charge >= 0.3 is 5.97 Å². The molecule has 2 saturated heterocycles. The van der Waals surface area contributed by atoms with E-state index >= 15 is 0 Å². The lowest BCUT2D eigenvalue weighted by Gasteiger charge is -2.41. The number of carboxylic acid groups (broad SMARTS) is 1. The van der Waals surface area contributed by atoms with Gasteiger partial charge in [0.15, 0.2) is 6.29 Å². The Morgan fingerprint density at radius 1 is 0.894 bits per heavy atom. The summed E-state index contributed by atoms with van der Waals surface area (Å²) < 4.78 is 13.5. The highest BCUT2D eigenvalue weighted by Gasteiger charge is 2.50. The molecule has 3 aromatic rings. The summed E-state index contributed by atoms with van der Waals surface area (Å²) in [6.45, 7) is 9.59. The largest absolute Gasteiger partial charge is 0.481 e. The van der Waals surface area contributed by atoms with Gasteiger partial charge in [0.05, 0.1) is 25.2 Å². The summed E-state index contributed by atoms with van der Waals surface area (Å²) in [4.78, 5) is 25.5. The zero-order chi connectivity index (χ0) is 33.2. The predicted molar refractivity (Wildman–Crippen MR) is 180 cm³/mol. The average molecular weight is 641 g/mol. The lowest BCUT2D eigenvalue weighted by molar-refractivity contribution is -0.253. The molecule has 8 nitrogen and oxygen atoms in total. The number of benzene rings is 3. The maximum atomic E-state index is 12.1. The molecule has 0 aromatic heterocycles. The maximum absolute atomic E-state index is 12.1. The molecule has 3 aliphatic rings. The Balaban J connectivity index is 1.20. The van der Waals surface area contributed by atoms with Crippen LogP contribution in [0.15, 0.2) is 72.8 Å². The van der Waals surface area contributed by atoms with Gasteiger partial charge in [-0.25, -0.2) is 0 Å². The number of carboxylic acids is 1. The molecular weight excluding hydrogens is 592 g/mol. The highest BCUT2D eigenvalue weighted by atomic mass is 16.7. The third kappa shape index (κ3) is 8.30. The molecule has 3 N–H and O–H groups in total. The van der Waals surface area contributed by atoms with E-state index in [2.05, 4.69) is 61.3 Å². The number of nitrogens with zero attached hydrogens (tertiary/aromatic N) is 1. The van der Waals surface area contributed by atoms with E-state index in [-0.39, 0.29) is 37.6 Å². The summed E-state index contributed by atoms with van der Waals surface area (Å²) in [5.74, 6) is -1.27. The Morgan fingerprint density at radius 2 is 1.64 bits per heavy atom. The quantitative estimate of drug-likeness (QED) is 0.212. The van der Waals surface area contributed by atoms with E-state index in [4.69, 9.17) is 14.6 Å².